The van der Waals surface area contributed by atoms with E-state index in [9.17, 15) is 14.0 Å². The van der Waals surface area contributed by atoms with Gasteiger partial charge in [-0.1, -0.05) is 12.1 Å². The maximum atomic E-state index is 13.3. The molecule has 0 aliphatic carbocycles. The SMILES string of the molecule is CC(C(=O)N1CCOCC1CC(=O)O)c1cccc(F)c1. The second-order valence-electron chi connectivity index (χ2n) is 5.13. The summed E-state index contributed by atoms with van der Waals surface area (Å²) >= 11 is 0. The molecule has 1 fully saturated rings. The van der Waals surface area contributed by atoms with Crippen LogP contribution in [-0.2, 0) is 14.3 Å². The van der Waals surface area contributed by atoms with Crippen molar-refractivity contribution in [3.05, 3.63) is 35.6 Å². The molecule has 2 unspecified atom stereocenters. The summed E-state index contributed by atoms with van der Waals surface area (Å²) in [4.78, 5) is 25.0. The standard InChI is InChI=1S/C15H18FNO4/c1-10(11-3-2-4-12(16)7-11)15(20)17-5-6-21-9-13(17)8-14(18)19/h2-4,7,10,13H,5-6,8-9H2,1H3,(H,18,19). The van der Waals surface area contributed by atoms with Gasteiger partial charge in [0.15, 0.2) is 0 Å². The summed E-state index contributed by atoms with van der Waals surface area (Å²) in [6, 6.07) is 5.43. The van der Waals surface area contributed by atoms with E-state index in [1.807, 2.05) is 0 Å². The minimum Gasteiger partial charge on any atom is -0.481 e. The number of carbonyl (C=O) groups is 2. The van der Waals surface area contributed by atoms with Crippen molar-refractivity contribution in [3.8, 4) is 0 Å². The van der Waals surface area contributed by atoms with Crippen molar-refractivity contribution in [1.82, 2.24) is 4.90 Å². The van der Waals surface area contributed by atoms with Gasteiger partial charge in [0.1, 0.15) is 5.82 Å². The molecule has 1 aromatic carbocycles. The predicted octanol–water partition coefficient (Wildman–Crippen LogP) is 1.63. The molecule has 2 atom stereocenters. The minimum atomic E-state index is -0.971. The zero-order chi connectivity index (χ0) is 15.4. The van der Waals surface area contributed by atoms with Crippen LogP contribution < -0.4 is 0 Å². The molecule has 1 amide bonds. The molecular weight excluding hydrogens is 277 g/mol. The number of halogens is 1. The van der Waals surface area contributed by atoms with Crippen molar-refractivity contribution in [3.63, 3.8) is 0 Å². The smallest absolute Gasteiger partial charge is 0.305 e. The summed E-state index contributed by atoms with van der Waals surface area (Å²) < 4.78 is 18.5. The number of amides is 1. The van der Waals surface area contributed by atoms with Crippen molar-refractivity contribution in [1.29, 1.82) is 0 Å². The molecule has 21 heavy (non-hydrogen) atoms. The van der Waals surface area contributed by atoms with E-state index in [1.54, 1.807) is 19.1 Å². The second kappa shape index (κ2) is 6.67. The highest BCUT2D eigenvalue weighted by Gasteiger charge is 2.32. The third-order valence-electron chi connectivity index (χ3n) is 3.64. The van der Waals surface area contributed by atoms with Crippen LogP contribution in [0.1, 0.15) is 24.8 Å². The number of hydrogen-bond donors (Lipinski definition) is 1. The molecule has 0 radical (unpaired) electrons. The van der Waals surface area contributed by atoms with E-state index >= 15 is 0 Å². The fourth-order valence-corrected chi connectivity index (χ4v) is 2.48. The number of aliphatic carboxylic acids is 1. The quantitative estimate of drug-likeness (QED) is 0.917. The van der Waals surface area contributed by atoms with E-state index in [4.69, 9.17) is 9.84 Å². The maximum Gasteiger partial charge on any atom is 0.305 e. The molecule has 1 aliphatic rings. The third kappa shape index (κ3) is 3.78. The summed E-state index contributed by atoms with van der Waals surface area (Å²) in [5.74, 6) is -2.08. The Morgan fingerprint density at radius 2 is 2.29 bits per heavy atom. The third-order valence-corrected chi connectivity index (χ3v) is 3.64. The topological polar surface area (TPSA) is 66.8 Å². The average molecular weight is 295 g/mol. The predicted molar refractivity (Wildman–Crippen MR) is 73.4 cm³/mol. The van der Waals surface area contributed by atoms with E-state index < -0.39 is 23.7 Å². The molecule has 0 aromatic heterocycles. The molecule has 2 rings (SSSR count). The molecule has 1 aromatic rings. The highest BCUT2D eigenvalue weighted by atomic mass is 19.1. The lowest BCUT2D eigenvalue weighted by Crippen LogP contribution is -2.50. The van der Waals surface area contributed by atoms with Crippen LogP contribution in [0.3, 0.4) is 0 Å². The normalized spacial score (nSPS) is 20.1. The van der Waals surface area contributed by atoms with Gasteiger partial charge in [0.25, 0.3) is 0 Å². The number of carboxylic acids is 1. The first-order chi connectivity index (χ1) is 9.99. The van der Waals surface area contributed by atoms with Gasteiger partial charge in [-0.15, -0.1) is 0 Å². The van der Waals surface area contributed by atoms with Crippen LogP contribution in [0, 0.1) is 5.82 Å². The van der Waals surface area contributed by atoms with Gasteiger partial charge in [-0.05, 0) is 24.6 Å². The number of benzene rings is 1. The van der Waals surface area contributed by atoms with Gasteiger partial charge in [-0.2, -0.15) is 0 Å². The first-order valence-corrected chi connectivity index (χ1v) is 6.84. The number of carbonyl (C=O) groups excluding carboxylic acids is 1. The van der Waals surface area contributed by atoms with Crippen molar-refractivity contribution in [2.45, 2.75) is 25.3 Å². The fourth-order valence-electron chi connectivity index (χ4n) is 2.48. The van der Waals surface area contributed by atoms with Crippen LogP contribution in [0.25, 0.3) is 0 Å². The van der Waals surface area contributed by atoms with Crippen LogP contribution >= 0.6 is 0 Å². The molecule has 1 saturated heterocycles. The molecule has 1 heterocycles. The Morgan fingerprint density at radius 3 is 2.95 bits per heavy atom. The number of carboxylic acid groups (broad SMARTS) is 1. The maximum absolute atomic E-state index is 13.3. The summed E-state index contributed by atoms with van der Waals surface area (Å²) in [5.41, 5.74) is 0.584. The highest BCUT2D eigenvalue weighted by molar-refractivity contribution is 5.84. The molecule has 0 bridgehead atoms. The summed E-state index contributed by atoms with van der Waals surface area (Å²) in [7, 11) is 0. The minimum absolute atomic E-state index is 0.151. The number of rotatable bonds is 4. The Labute approximate surface area is 122 Å². The second-order valence-corrected chi connectivity index (χ2v) is 5.13. The van der Waals surface area contributed by atoms with Crippen molar-refractivity contribution >= 4 is 11.9 Å². The molecular formula is C15H18FNO4. The Bertz CT molecular complexity index is 534. The molecule has 5 nitrogen and oxygen atoms in total. The van der Waals surface area contributed by atoms with Crippen LogP contribution in [0.2, 0.25) is 0 Å². The van der Waals surface area contributed by atoms with Gasteiger partial charge in [-0.3, -0.25) is 9.59 Å². The van der Waals surface area contributed by atoms with Crippen molar-refractivity contribution in [2.75, 3.05) is 19.8 Å². The molecule has 0 spiro atoms. The van der Waals surface area contributed by atoms with Crippen LogP contribution in [0.15, 0.2) is 24.3 Å². The highest BCUT2D eigenvalue weighted by Crippen LogP contribution is 2.22. The molecule has 114 valence electrons. The Morgan fingerprint density at radius 1 is 1.52 bits per heavy atom. The van der Waals surface area contributed by atoms with Gasteiger partial charge >= 0.3 is 5.97 Å². The largest absolute Gasteiger partial charge is 0.481 e. The summed E-state index contributed by atoms with van der Waals surface area (Å²) in [5, 5.41) is 8.91. The van der Waals surface area contributed by atoms with E-state index in [2.05, 4.69) is 0 Å². The van der Waals surface area contributed by atoms with Crippen molar-refractivity contribution < 1.29 is 23.8 Å². The Balaban J connectivity index is 2.14. The lowest BCUT2D eigenvalue weighted by atomic mass is 9.98. The fraction of sp³-hybridized carbons (Fsp3) is 0.467. The van der Waals surface area contributed by atoms with E-state index in [0.29, 0.717) is 18.7 Å². The zero-order valence-corrected chi connectivity index (χ0v) is 11.8. The average Bonchev–Trinajstić information content (AvgIpc) is 2.46. The molecule has 1 N–H and O–H groups in total. The van der Waals surface area contributed by atoms with Crippen LogP contribution in [0.4, 0.5) is 4.39 Å². The number of hydrogen-bond acceptors (Lipinski definition) is 3. The Kier molecular flexibility index (Phi) is 4.90. The van der Waals surface area contributed by atoms with Gasteiger partial charge in [0.2, 0.25) is 5.91 Å². The molecule has 1 aliphatic heterocycles. The molecule has 6 heteroatoms. The summed E-state index contributed by atoms with van der Waals surface area (Å²) in [6.45, 7) is 2.66. The van der Waals surface area contributed by atoms with Gasteiger partial charge in [-0.25, -0.2) is 4.39 Å². The zero-order valence-electron chi connectivity index (χ0n) is 11.8. The van der Waals surface area contributed by atoms with E-state index in [1.165, 1.54) is 17.0 Å². The molecule has 0 saturated carbocycles. The van der Waals surface area contributed by atoms with Crippen LogP contribution in [-0.4, -0.2) is 47.7 Å². The number of morpholine rings is 1. The monoisotopic (exact) mass is 295 g/mol. The number of nitrogens with zero attached hydrogens (tertiary/aromatic N) is 1. The van der Waals surface area contributed by atoms with Gasteiger partial charge < -0.3 is 14.7 Å². The lowest BCUT2D eigenvalue weighted by molar-refractivity contribution is -0.147. The first kappa shape index (κ1) is 15.4. The Hall–Kier alpha value is -1.95. The first-order valence-electron chi connectivity index (χ1n) is 6.84. The van der Waals surface area contributed by atoms with E-state index in [-0.39, 0.29) is 18.9 Å². The van der Waals surface area contributed by atoms with E-state index in [0.717, 1.165) is 0 Å². The van der Waals surface area contributed by atoms with Crippen LogP contribution in [0.5, 0.6) is 0 Å². The van der Waals surface area contributed by atoms with Gasteiger partial charge in [0.05, 0.1) is 31.6 Å². The number of ether oxygens (including phenoxy) is 1. The lowest BCUT2D eigenvalue weighted by Gasteiger charge is -2.36. The van der Waals surface area contributed by atoms with Gasteiger partial charge in [0, 0.05) is 6.54 Å². The summed E-state index contributed by atoms with van der Waals surface area (Å²) in [6.07, 6.45) is -0.151. The van der Waals surface area contributed by atoms with Crippen molar-refractivity contribution in [2.24, 2.45) is 0 Å².